The zero-order chi connectivity index (χ0) is 21.6. The number of rotatable bonds is 6. The third-order valence-corrected chi connectivity index (χ3v) is 6.47. The molecule has 0 aliphatic carbocycles. The first-order valence-corrected chi connectivity index (χ1v) is 11.0. The first-order valence-electron chi connectivity index (χ1n) is 9.13. The molecule has 0 unspecified atom stereocenters. The fourth-order valence-electron chi connectivity index (χ4n) is 3.25. The van der Waals surface area contributed by atoms with E-state index in [1.807, 2.05) is 12.1 Å². The number of hydrogen-bond donors (Lipinski definition) is 2. The Morgan fingerprint density at radius 3 is 2.40 bits per heavy atom. The molecule has 156 valence electrons. The van der Waals surface area contributed by atoms with Crippen molar-refractivity contribution in [3.8, 4) is 11.3 Å². The molecule has 0 aliphatic rings. The van der Waals surface area contributed by atoms with Gasteiger partial charge in [0.2, 0.25) is 10.0 Å². The van der Waals surface area contributed by atoms with E-state index in [1.54, 1.807) is 38.1 Å². The zero-order valence-electron chi connectivity index (χ0n) is 16.0. The van der Waals surface area contributed by atoms with Gasteiger partial charge in [0.15, 0.2) is 5.22 Å². The zero-order valence-corrected chi connectivity index (χ0v) is 17.6. The number of sulfonamides is 1. The topological polar surface area (TPSA) is 110 Å². The van der Waals surface area contributed by atoms with E-state index >= 15 is 0 Å². The molecule has 2 heterocycles. The van der Waals surface area contributed by atoms with Crippen LogP contribution < -0.4 is 4.72 Å². The van der Waals surface area contributed by atoms with E-state index in [9.17, 15) is 18.3 Å². The molecule has 7 nitrogen and oxygen atoms in total. The quantitative estimate of drug-likeness (QED) is 0.435. The minimum atomic E-state index is -4.05. The third kappa shape index (κ3) is 3.69. The molecular weight excluding hydrogens is 430 g/mol. The number of hydrogen-bond acceptors (Lipinski definition) is 5. The SMILES string of the molecule is CC(C)[C@@H](NS(=O)(=O)c1ccc2c(c1)oc1ccc(-c3ccc(Cl)o3)cc12)C(=O)O. The van der Waals surface area contributed by atoms with Crippen molar-refractivity contribution in [1.29, 1.82) is 0 Å². The highest BCUT2D eigenvalue weighted by atomic mass is 35.5. The monoisotopic (exact) mass is 447 g/mol. The van der Waals surface area contributed by atoms with Gasteiger partial charge in [-0.15, -0.1) is 0 Å². The lowest BCUT2D eigenvalue weighted by Crippen LogP contribution is -2.44. The van der Waals surface area contributed by atoms with Crippen LogP contribution in [0.15, 0.2) is 62.3 Å². The molecule has 0 aliphatic heterocycles. The van der Waals surface area contributed by atoms with Gasteiger partial charge in [0, 0.05) is 22.4 Å². The Labute approximate surface area is 177 Å². The first-order chi connectivity index (χ1) is 14.2. The Kier molecular flexibility index (Phi) is 5.09. The van der Waals surface area contributed by atoms with Crippen molar-refractivity contribution in [2.24, 2.45) is 5.92 Å². The predicted molar refractivity (Wildman–Crippen MR) is 113 cm³/mol. The summed E-state index contributed by atoms with van der Waals surface area (Å²) in [5, 5.41) is 11.1. The van der Waals surface area contributed by atoms with Crippen LogP contribution >= 0.6 is 11.6 Å². The normalized spacial score (nSPS) is 13.3. The minimum absolute atomic E-state index is 0.0704. The van der Waals surface area contributed by atoms with E-state index in [1.165, 1.54) is 12.1 Å². The first kappa shape index (κ1) is 20.5. The summed E-state index contributed by atoms with van der Waals surface area (Å²) in [5.74, 6) is -1.04. The van der Waals surface area contributed by atoms with Crippen LogP contribution in [0.4, 0.5) is 0 Å². The molecule has 9 heteroatoms. The summed E-state index contributed by atoms with van der Waals surface area (Å²) in [6.07, 6.45) is 0. The molecular formula is C21H18ClNO6S. The number of nitrogens with one attached hydrogen (secondary N) is 1. The Bertz CT molecular complexity index is 1370. The molecule has 2 aromatic heterocycles. The number of halogens is 1. The number of benzene rings is 2. The molecule has 0 spiro atoms. The van der Waals surface area contributed by atoms with Crippen LogP contribution in [0.5, 0.6) is 0 Å². The summed E-state index contributed by atoms with van der Waals surface area (Å²) >= 11 is 5.85. The van der Waals surface area contributed by atoms with Crippen molar-refractivity contribution in [3.63, 3.8) is 0 Å². The Morgan fingerprint density at radius 1 is 1.00 bits per heavy atom. The molecule has 1 atom stereocenters. The lowest BCUT2D eigenvalue weighted by atomic mass is 10.1. The van der Waals surface area contributed by atoms with Gasteiger partial charge in [-0.05, 0) is 60.0 Å². The predicted octanol–water partition coefficient (Wildman–Crippen LogP) is 4.89. The van der Waals surface area contributed by atoms with Gasteiger partial charge in [-0.2, -0.15) is 4.72 Å². The lowest BCUT2D eigenvalue weighted by molar-refractivity contribution is -0.140. The van der Waals surface area contributed by atoms with E-state index in [0.29, 0.717) is 16.9 Å². The molecule has 0 saturated heterocycles. The van der Waals surface area contributed by atoms with Crippen LogP contribution in [0.3, 0.4) is 0 Å². The Hall–Kier alpha value is -2.81. The van der Waals surface area contributed by atoms with Gasteiger partial charge in [0.25, 0.3) is 0 Å². The molecule has 4 aromatic rings. The second-order valence-electron chi connectivity index (χ2n) is 7.26. The number of carboxylic acids is 1. The van der Waals surface area contributed by atoms with Gasteiger partial charge in [-0.3, -0.25) is 4.79 Å². The summed E-state index contributed by atoms with van der Waals surface area (Å²) in [6.45, 7) is 3.26. The maximum absolute atomic E-state index is 12.7. The van der Waals surface area contributed by atoms with Crippen molar-refractivity contribution in [1.82, 2.24) is 4.72 Å². The number of carbonyl (C=O) groups is 1. The van der Waals surface area contributed by atoms with Gasteiger partial charge in [-0.25, -0.2) is 8.42 Å². The fourth-order valence-corrected chi connectivity index (χ4v) is 4.75. The number of fused-ring (bicyclic) bond motifs is 3. The molecule has 0 fully saturated rings. The standard InChI is InChI=1S/C21H18ClNO6S/c1-11(2)20(21(24)25)23-30(26,27)13-4-5-14-15-9-12(16-7-8-19(22)29-16)3-6-17(15)28-18(14)10-13/h3-11,20,23H,1-2H3,(H,24,25)/t20-/m1/s1. The average Bonchev–Trinajstić information content (AvgIpc) is 3.28. The molecule has 0 bridgehead atoms. The number of carboxylic acid groups (broad SMARTS) is 1. The van der Waals surface area contributed by atoms with Crippen molar-refractivity contribution >= 4 is 49.5 Å². The Balaban J connectivity index is 1.76. The highest BCUT2D eigenvalue weighted by Gasteiger charge is 2.28. The van der Waals surface area contributed by atoms with Crippen LogP contribution in [0, 0.1) is 5.92 Å². The molecule has 2 aromatic carbocycles. The molecule has 30 heavy (non-hydrogen) atoms. The van der Waals surface area contributed by atoms with E-state index < -0.39 is 28.0 Å². The van der Waals surface area contributed by atoms with E-state index in [0.717, 1.165) is 16.3 Å². The number of furan rings is 2. The van der Waals surface area contributed by atoms with Crippen LogP contribution in [0.2, 0.25) is 5.22 Å². The largest absolute Gasteiger partial charge is 0.480 e. The Morgan fingerprint density at radius 2 is 1.77 bits per heavy atom. The lowest BCUT2D eigenvalue weighted by Gasteiger charge is -2.17. The second-order valence-corrected chi connectivity index (χ2v) is 9.34. The van der Waals surface area contributed by atoms with E-state index in [-0.39, 0.29) is 10.1 Å². The van der Waals surface area contributed by atoms with Gasteiger partial charge < -0.3 is 13.9 Å². The van der Waals surface area contributed by atoms with Crippen LogP contribution in [-0.2, 0) is 14.8 Å². The molecule has 0 amide bonds. The molecule has 0 saturated carbocycles. The highest BCUT2D eigenvalue weighted by molar-refractivity contribution is 7.89. The van der Waals surface area contributed by atoms with Crippen LogP contribution in [0.25, 0.3) is 33.3 Å². The summed E-state index contributed by atoms with van der Waals surface area (Å²) in [5.41, 5.74) is 1.76. The summed E-state index contributed by atoms with van der Waals surface area (Å²) < 4.78 is 38.9. The van der Waals surface area contributed by atoms with Gasteiger partial charge in [0.1, 0.15) is 23.0 Å². The summed E-state index contributed by atoms with van der Waals surface area (Å²) in [4.78, 5) is 11.3. The summed E-state index contributed by atoms with van der Waals surface area (Å²) in [6, 6.07) is 12.1. The highest BCUT2D eigenvalue weighted by Crippen LogP contribution is 2.34. The smallest absolute Gasteiger partial charge is 0.322 e. The van der Waals surface area contributed by atoms with Gasteiger partial charge >= 0.3 is 5.97 Å². The minimum Gasteiger partial charge on any atom is -0.480 e. The van der Waals surface area contributed by atoms with Gasteiger partial charge in [-0.1, -0.05) is 13.8 Å². The van der Waals surface area contributed by atoms with Crippen molar-refractivity contribution < 1.29 is 27.2 Å². The summed E-state index contributed by atoms with van der Waals surface area (Å²) in [7, 11) is -4.05. The van der Waals surface area contributed by atoms with Crippen LogP contribution in [-0.4, -0.2) is 25.5 Å². The maximum atomic E-state index is 12.7. The van der Waals surface area contributed by atoms with Gasteiger partial charge in [0.05, 0.1) is 4.90 Å². The van der Waals surface area contributed by atoms with Crippen LogP contribution in [0.1, 0.15) is 13.8 Å². The second kappa shape index (κ2) is 7.46. The van der Waals surface area contributed by atoms with Crippen molar-refractivity contribution in [2.45, 2.75) is 24.8 Å². The molecule has 2 N–H and O–H groups in total. The van der Waals surface area contributed by atoms with E-state index in [2.05, 4.69) is 4.72 Å². The van der Waals surface area contributed by atoms with Crippen molar-refractivity contribution in [2.75, 3.05) is 0 Å². The molecule has 4 rings (SSSR count). The molecule has 0 radical (unpaired) electrons. The average molecular weight is 448 g/mol. The number of aliphatic carboxylic acids is 1. The maximum Gasteiger partial charge on any atom is 0.322 e. The van der Waals surface area contributed by atoms with E-state index in [4.69, 9.17) is 20.4 Å². The van der Waals surface area contributed by atoms with Crippen molar-refractivity contribution in [3.05, 3.63) is 53.8 Å². The fraction of sp³-hybridized carbons (Fsp3) is 0.190. The third-order valence-electron chi connectivity index (χ3n) is 4.83.